The molecule has 1 rings (SSSR count). The van der Waals surface area contributed by atoms with Crippen molar-refractivity contribution >= 4 is 23.2 Å². The van der Waals surface area contributed by atoms with Gasteiger partial charge in [-0.2, -0.15) is 11.8 Å². The second kappa shape index (κ2) is 6.36. The van der Waals surface area contributed by atoms with Gasteiger partial charge in [0.1, 0.15) is 5.78 Å². The van der Waals surface area contributed by atoms with Crippen molar-refractivity contribution in [2.24, 2.45) is 0 Å². The molecule has 6 heteroatoms. The third-order valence-electron chi connectivity index (χ3n) is 2.22. The first-order valence-electron chi connectivity index (χ1n) is 4.97. The van der Waals surface area contributed by atoms with Crippen molar-refractivity contribution in [3.05, 3.63) is 39.9 Å². The van der Waals surface area contributed by atoms with Crippen molar-refractivity contribution in [1.29, 1.82) is 0 Å². The Kier molecular flexibility index (Phi) is 5.11. The molecule has 0 aromatic heterocycles. The summed E-state index contributed by atoms with van der Waals surface area (Å²) < 4.78 is 0. The summed E-state index contributed by atoms with van der Waals surface area (Å²) in [6, 6.07) is 5.57. The molecule has 0 unspecified atom stereocenters. The number of carbonyl (C=O) groups is 1. The minimum atomic E-state index is -0.893. The van der Waals surface area contributed by atoms with Gasteiger partial charge in [-0.1, -0.05) is 0 Å². The number of aliphatic hydroxyl groups is 1. The molecule has 0 heterocycles. The summed E-state index contributed by atoms with van der Waals surface area (Å²) in [7, 11) is 0. The molecule has 0 spiro atoms. The summed E-state index contributed by atoms with van der Waals surface area (Å²) in [5, 5.41) is 20.2. The number of hydrogen-bond donors (Lipinski definition) is 1. The normalized spacial score (nSPS) is 12.1. The Hall–Kier alpha value is -1.40. The Bertz CT molecular complexity index is 404. The van der Waals surface area contributed by atoms with Crippen molar-refractivity contribution in [3.8, 4) is 0 Å². The Labute approximate surface area is 103 Å². The maximum Gasteiger partial charge on any atom is 0.269 e. The Morgan fingerprint density at radius 3 is 2.53 bits per heavy atom. The van der Waals surface area contributed by atoms with Crippen molar-refractivity contribution in [2.75, 3.05) is 12.0 Å². The van der Waals surface area contributed by atoms with Gasteiger partial charge in [-0.05, 0) is 24.0 Å². The first-order chi connectivity index (χ1) is 8.04. The Morgan fingerprint density at radius 1 is 1.47 bits per heavy atom. The average molecular weight is 255 g/mol. The molecule has 0 radical (unpaired) electrons. The van der Waals surface area contributed by atoms with Crippen molar-refractivity contribution in [1.82, 2.24) is 0 Å². The summed E-state index contributed by atoms with van der Waals surface area (Å²) >= 11 is 1.40. The minimum Gasteiger partial charge on any atom is -0.388 e. The van der Waals surface area contributed by atoms with Crippen molar-refractivity contribution in [2.45, 2.75) is 12.5 Å². The molecule has 0 aliphatic carbocycles. The third kappa shape index (κ3) is 4.16. The summed E-state index contributed by atoms with van der Waals surface area (Å²) in [5.74, 6) is 0.327. The van der Waals surface area contributed by atoms with Crippen LogP contribution in [0.4, 0.5) is 5.69 Å². The minimum absolute atomic E-state index is 0.0311. The molecule has 17 heavy (non-hydrogen) atoms. The molecule has 1 atom stereocenters. The fraction of sp³-hybridized carbons (Fsp3) is 0.364. The number of ketones is 1. The standard InChI is InChI=1S/C11H13NO4S/c1-17-7-10(13)6-11(14)8-2-4-9(5-3-8)12(15)16/h2-5,11,14H,6-7H2,1H3/t11-/m1/s1. The van der Waals surface area contributed by atoms with Gasteiger partial charge in [0.15, 0.2) is 0 Å². The van der Waals surface area contributed by atoms with Gasteiger partial charge < -0.3 is 5.11 Å². The summed E-state index contributed by atoms with van der Waals surface area (Å²) in [6.07, 6.45) is 0.963. The number of aliphatic hydroxyl groups excluding tert-OH is 1. The molecule has 1 aromatic rings. The number of nitro groups is 1. The van der Waals surface area contributed by atoms with E-state index in [1.807, 2.05) is 6.26 Å². The summed E-state index contributed by atoms with van der Waals surface area (Å²) in [5.41, 5.74) is 0.487. The number of carbonyl (C=O) groups excluding carboxylic acids is 1. The third-order valence-corrected chi connectivity index (χ3v) is 2.83. The Morgan fingerprint density at radius 2 is 2.06 bits per heavy atom. The van der Waals surface area contributed by atoms with Crippen molar-refractivity contribution < 1.29 is 14.8 Å². The quantitative estimate of drug-likeness (QED) is 0.620. The molecule has 5 nitrogen and oxygen atoms in total. The predicted molar refractivity (Wildman–Crippen MR) is 66.1 cm³/mol. The second-order valence-corrected chi connectivity index (χ2v) is 4.41. The zero-order valence-corrected chi connectivity index (χ0v) is 10.1. The summed E-state index contributed by atoms with van der Waals surface area (Å²) in [6.45, 7) is 0. The largest absolute Gasteiger partial charge is 0.388 e. The van der Waals surface area contributed by atoms with Crippen LogP contribution in [0.15, 0.2) is 24.3 Å². The van der Waals surface area contributed by atoms with Crippen LogP contribution in [-0.4, -0.2) is 27.8 Å². The highest BCUT2D eigenvalue weighted by Crippen LogP contribution is 2.20. The molecule has 0 bridgehead atoms. The van der Waals surface area contributed by atoms with Crippen LogP contribution in [0.5, 0.6) is 0 Å². The number of thioether (sulfide) groups is 1. The van der Waals surface area contributed by atoms with Crippen LogP contribution in [-0.2, 0) is 4.79 Å². The molecular weight excluding hydrogens is 242 g/mol. The van der Waals surface area contributed by atoms with Gasteiger partial charge in [-0.15, -0.1) is 0 Å². The smallest absolute Gasteiger partial charge is 0.269 e. The van der Waals surface area contributed by atoms with E-state index in [0.717, 1.165) is 0 Å². The molecular formula is C11H13NO4S. The number of non-ortho nitro benzene ring substituents is 1. The number of benzene rings is 1. The lowest BCUT2D eigenvalue weighted by atomic mass is 10.0. The predicted octanol–water partition coefficient (Wildman–Crippen LogP) is 1.95. The van der Waals surface area contributed by atoms with E-state index in [9.17, 15) is 20.0 Å². The molecule has 1 N–H and O–H groups in total. The van der Waals surface area contributed by atoms with Crippen LogP contribution in [0, 0.1) is 10.1 Å². The van der Waals surface area contributed by atoms with Crippen molar-refractivity contribution in [3.63, 3.8) is 0 Å². The molecule has 0 saturated carbocycles. The van der Waals surface area contributed by atoms with Crippen LogP contribution >= 0.6 is 11.8 Å². The molecule has 0 aliphatic rings. The zero-order chi connectivity index (χ0) is 12.8. The highest BCUT2D eigenvalue weighted by Gasteiger charge is 2.14. The molecule has 0 fully saturated rings. The number of nitro benzene ring substituents is 1. The fourth-order valence-electron chi connectivity index (χ4n) is 1.37. The zero-order valence-electron chi connectivity index (χ0n) is 9.33. The van der Waals surface area contributed by atoms with Crippen LogP contribution < -0.4 is 0 Å². The van der Waals surface area contributed by atoms with E-state index in [-0.39, 0.29) is 17.9 Å². The lowest BCUT2D eigenvalue weighted by molar-refractivity contribution is -0.384. The molecule has 0 aliphatic heterocycles. The highest BCUT2D eigenvalue weighted by atomic mass is 32.2. The molecule has 92 valence electrons. The van der Waals surface area contributed by atoms with Gasteiger partial charge in [0, 0.05) is 18.6 Å². The van der Waals surface area contributed by atoms with Gasteiger partial charge in [0.25, 0.3) is 5.69 Å². The number of Topliss-reactive ketones (excluding diaryl/α,β-unsaturated/α-hetero) is 1. The number of rotatable bonds is 6. The van der Waals surface area contributed by atoms with Crippen LogP contribution in [0.1, 0.15) is 18.1 Å². The first-order valence-corrected chi connectivity index (χ1v) is 6.37. The van der Waals surface area contributed by atoms with Crippen LogP contribution in [0.25, 0.3) is 0 Å². The fourth-order valence-corrected chi connectivity index (χ4v) is 1.81. The van der Waals surface area contributed by atoms with Gasteiger partial charge in [-0.25, -0.2) is 0 Å². The second-order valence-electron chi connectivity index (χ2n) is 3.54. The lowest BCUT2D eigenvalue weighted by Gasteiger charge is -2.09. The maximum absolute atomic E-state index is 11.3. The van der Waals surface area contributed by atoms with Crippen LogP contribution in [0.3, 0.4) is 0 Å². The monoisotopic (exact) mass is 255 g/mol. The van der Waals surface area contributed by atoms with E-state index in [4.69, 9.17) is 0 Å². The van der Waals surface area contributed by atoms with E-state index >= 15 is 0 Å². The highest BCUT2D eigenvalue weighted by molar-refractivity contribution is 7.99. The average Bonchev–Trinajstić information content (AvgIpc) is 2.29. The van der Waals surface area contributed by atoms with Crippen LogP contribution in [0.2, 0.25) is 0 Å². The van der Waals surface area contributed by atoms with Gasteiger partial charge in [-0.3, -0.25) is 14.9 Å². The van der Waals surface area contributed by atoms with E-state index in [2.05, 4.69) is 0 Å². The van der Waals surface area contributed by atoms with E-state index in [0.29, 0.717) is 11.3 Å². The first kappa shape index (κ1) is 13.7. The number of hydrogen-bond acceptors (Lipinski definition) is 5. The summed E-state index contributed by atoms with van der Waals surface area (Å²) in [4.78, 5) is 21.2. The van der Waals surface area contributed by atoms with Gasteiger partial charge >= 0.3 is 0 Å². The number of nitrogens with zero attached hydrogens (tertiary/aromatic N) is 1. The van der Waals surface area contributed by atoms with E-state index in [1.165, 1.54) is 36.0 Å². The molecule has 1 aromatic carbocycles. The maximum atomic E-state index is 11.3. The lowest BCUT2D eigenvalue weighted by Crippen LogP contribution is -2.08. The topological polar surface area (TPSA) is 80.4 Å². The Balaban J connectivity index is 2.66. The molecule has 0 saturated heterocycles. The SMILES string of the molecule is CSCC(=O)C[C@@H](O)c1ccc([N+](=O)[O-])cc1. The van der Waals surface area contributed by atoms with E-state index in [1.54, 1.807) is 0 Å². The van der Waals surface area contributed by atoms with Gasteiger partial charge in [0.2, 0.25) is 0 Å². The van der Waals surface area contributed by atoms with E-state index < -0.39 is 11.0 Å². The van der Waals surface area contributed by atoms with Gasteiger partial charge in [0.05, 0.1) is 16.8 Å². The molecule has 0 amide bonds.